The van der Waals surface area contributed by atoms with Gasteiger partial charge < -0.3 is 4.84 Å². The lowest BCUT2D eigenvalue weighted by Crippen LogP contribution is -2.34. The number of amides is 2. The van der Waals surface area contributed by atoms with E-state index in [9.17, 15) is 14.4 Å². The van der Waals surface area contributed by atoms with Crippen molar-refractivity contribution in [3.05, 3.63) is 35.9 Å². The van der Waals surface area contributed by atoms with Gasteiger partial charge in [0.05, 0.1) is 5.92 Å². The Morgan fingerprint density at radius 1 is 1.21 bits per heavy atom. The molecule has 0 unspecified atom stereocenters. The molecule has 1 fully saturated rings. The van der Waals surface area contributed by atoms with Crippen LogP contribution >= 0.6 is 0 Å². The number of imide groups is 1. The topological polar surface area (TPSA) is 63.7 Å². The summed E-state index contributed by atoms with van der Waals surface area (Å²) in [4.78, 5) is 39.8. The van der Waals surface area contributed by atoms with Crippen LogP contribution in [0.3, 0.4) is 0 Å². The molecule has 1 atom stereocenters. The molecule has 1 aromatic carbocycles. The van der Waals surface area contributed by atoms with Crippen LogP contribution in [0.1, 0.15) is 37.7 Å². The fourth-order valence-corrected chi connectivity index (χ4v) is 2.04. The number of hydrogen-bond acceptors (Lipinski definition) is 4. The third-order valence-corrected chi connectivity index (χ3v) is 3.08. The molecule has 5 nitrogen and oxygen atoms in total. The summed E-state index contributed by atoms with van der Waals surface area (Å²) in [5.74, 6) is -1.96. The lowest BCUT2D eigenvalue weighted by atomic mass is 9.97. The molecule has 5 heteroatoms. The van der Waals surface area contributed by atoms with Gasteiger partial charge in [0.1, 0.15) is 0 Å². The van der Waals surface area contributed by atoms with Crippen molar-refractivity contribution in [2.24, 2.45) is 0 Å². The van der Waals surface area contributed by atoms with Crippen LogP contribution < -0.4 is 0 Å². The molecule has 1 saturated heterocycles. The molecule has 1 aliphatic rings. The van der Waals surface area contributed by atoms with E-state index >= 15 is 0 Å². The maximum atomic E-state index is 12.1. The Labute approximate surface area is 111 Å². The summed E-state index contributed by atoms with van der Waals surface area (Å²) in [7, 11) is 0. The lowest BCUT2D eigenvalue weighted by Gasteiger charge is -2.18. The second kappa shape index (κ2) is 5.65. The average molecular weight is 261 g/mol. The number of rotatable bonds is 4. The third kappa shape index (κ3) is 2.81. The second-order valence-electron chi connectivity index (χ2n) is 4.36. The molecule has 2 rings (SSSR count). The summed E-state index contributed by atoms with van der Waals surface area (Å²) in [6.07, 6.45) is 0.752. The van der Waals surface area contributed by atoms with E-state index in [4.69, 9.17) is 4.84 Å². The minimum absolute atomic E-state index is 0.105. The minimum Gasteiger partial charge on any atom is -0.330 e. The first-order chi connectivity index (χ1) is 9.13. The normalized spacial score (nSPS) is 16.6. The Morgan fingerprint density at radius 3 is 2.32 bits per heavy atom. The fourth-order valence-electron chi connectivity index (χ4n) is 2.04. The molecular weight excluding hydrogens is 246 g/mol. The summed E-state index contributed by atoms with van der Waals surface area (Å²) < 4.78 is 0. The molecule has 2 amide bonds. The first kappa shape index (κ1) is 13.3. The third-order valence-electron chi connectivity index (χ3n) is 3.08. The van der Waals surface area contributed by atoms with Crippen LogP contribution in [0.4, 0.5) is 0 Å². The fraction of sp³-hybridized carbons (Fsp3) is 0.357. The van der Waals surface area contributed by atoms with Gasteiger partial charge in [-0.3, -0.25) is 9.59 Å². The van der Waals surface area contributed by atoms with Crippen molar-refractivity contribution in [2.45, 2.75) is 32.1 Å². The van der Waals surface area contributed by atoms with Crippen molar-refractivity contribution in [3.63, 3.8) is 0 Å². The van der Waals surface area contributed by atoms with Gasteiger partial charge in [-0.05, 0) is 12.0 Å². The van der Waals surface area contributed by atoms with Gasteiger partial charge in [0, 0.05) is 12.8 Å². The van der Waals surface area contributed by atoms with Gasteiger partial charge in [-0.1, -0.05) is 37.3 Å². The number of benzene rings is 1. The first-order valence-electron chi connectivity index (χ1n) is 6.26. The zero-order chi connectivity index (χ0) is 13.8. The summed E-state index contributed by atoms with van der Waals surface area (Å²) >= 11 is 0. The Hall–Kier alpha value is -2.17. The van der Waals surface area contributed by atoms with Gasteiger partial charge in [-0.15, -0.1) is 5.06 Å². The minimum atomic E-state index is -0.572. The Balaban J connectivity index is 2.10. The molecule has 0 aromatic heterocycles. The highest BCUT2D eigenvalue weighted by Crippen LogP contribution is 2.23. The van der Waals surface area contributed by atoms with Crippen molar-refractivity contribution < 1.29 is 19.2 Å². The molecule has 1 aromatic rings. The molecule has 0 spiro atoms. The molecule has 1 heterocycles. The van der Waals surface area contributed by atoms with E-state index in [-0.39, 0.29) is 12.8 Å². The van der Waals surface area contributed by atoms with E-state index in [0.29, 0.717) is 11.5 Å². The van der Waals surface area contributed by atoms with Crippen molar-refractivity contribution in [1.29, 1.82) is 0 Å². The Kier molecular flexibility index (Phi) is 3.94. The molecule has 100 valence electrons. The average Bonchev–Trinajstić information content (AvgIpc) is 2.73. The Morgan fingerprint density at radius 2 is 1.79 bits per heavy atom. The molecule has 0 radical (unpaired) electrons. The monoisotopic (exact) mass is 261 g/mol. The summed E-state index contributed by atoms with van der Waals surface area (Å²) in [6, 6.07) is 9.16. The quantitative estimate of drug-likeness (QED) is 0.775. The molecule has 0 bridgehead atoms. The first-order valence-corrected chi connectivity index (χ1v) is 6.26. The van der Waals surface area contributed by atoms with Crippen LogP contribution in [0, 0.1) is 0 Å². The van der Waals surface area contributed by atoms with Gasteiger partial charge in [0.2, 0.25) is 0 Å². The highest BCUT2D eigenvalue weighted by molar-refractivity contribution is 6.01. The SMILES string of the molecule is CC[C@@H](C(=O)ON1C(=O)CCC1=O)c1ccccc1. The maximum absolute atomic E-state index is 12.1. The van der Waals surface area contributed by atoms with E-state index in [1.807, 2.05) is 37.3 Å². The maximum Gasteiger partial charge on any atom is 0.340 e. The molecule has 0 N–H and O–H groups in total. The second-order valence-corrected chi connectivity index (χ2v) is 4.36. The molecular formula is C14H15NO4. The van der Waals surface area contributed by atoms with Crippen molar-refractivity contribution in [3.8, 4) is 0 Å². The zero-order valence-corrected chi connectivity index (χ0v) is 10.7. The standard InChI is InChI=1S/C14H15NO4/c1-2-11(10-6-4-3-5-7-10)14(18)19-15-12(16)8-9-13(15)17/h3-7,11H,2,8-9H2,1H3/t11-/m1/s1. The van der Waals surface area contributed by atoms with Crippen LogP contribution in [-0.4, -0.2) is 22.8 Å². The number of nitrogens with zero attached hydrogens (tertiary/aromatic N) is 1. The predicted molar refractivity (Wildman–Crippen MR) is 66.7 cm³/mol. The van der Waals surface area contributed by atoms with Crippen molar-refractivity contribution in [2.75, 3.05) is 0 Å². The van der Waals surface area contributed by atoms with E-state index < -0.39 is 23.7 Å². The van der Waals surface area contributed by atoms with Crippen LogP contribution in [-0.2, 0) is 19.2 Å². The molecule has 19 heavy (non-hydrogen) atoms. The molecule has 0 aliphatic carbocycles. The number of carbonyl (C=O) groups is 3. The summed E-state index contributed by atoms with van der Waals surface area (Å²) in [5.41, 5.74) is 0.814. The van der Waals surface area contributed by atoms with E-state index in [1.54, 1.807) is 0 Å². The smallest absolute Gasteiger partial charge is 0.330 e. The highest BCUT2D eigenvalue weighted by Gasteiger charge is 2.34. The van der Waals surface area contributed by atoms with Gasteiger partial charge >= 0.3 is 5.97 Å². The van der Waals surface area contributed by atoms with E-state index in [1.165, 1.54) is 0 Å². The van der Waals surface area contributed by atoms with Crippen LogP contribution in [0.25, 0.3) is 0 Å². The zero-order valence-electron chi connectivity index (χ0n) is 10.7. The number of carbonyl (C=O) groups excluding carboxylic acids is 3. The van der Waals surface area contributed by atoms with E-state index in [2.05, 4.69) is 0 Å². The lowest BCUT2D eigenvalue weighted by molar-refractivity contribution is -0.198. The van der Waals surface area contributed by atoms with E-state index in [0.717, 1.165) is 5.56 Å². The van der Waals surface area contributed by atoms with Crippen molar-refractivity contribution in [1.82, 2.24) is 5.06 Å². The number of hydrogen-bond donors (Lipinski definition) is 0. The van der Waals surface area contributed by atoms with Crippen LogP contribution in [0.15, 0.2) is 30.3 Å². The van der Waals surface area contributed by atoms with Gasteiger partial charge in [-0.25, -0.2) is 4.79 Å². The van der Waals surface area contributed by atoms with Crippen LogP contribution in [0.5, 0.6) is 0 Å². The van der Waals surface area contributed by atoms with Gasteiger partial charge in [-0.2, -0.15) is 0 Å². The molecule has 1 aliphatic heterocycles. The highest BCUT2D eigenvalue weighted by atomic mass is 16.7. The largest absolute Gasteiger partial charge is 0.340 e. The van der Waals surface area contributed by atoms with Crippen LogP contribution in [0.2, 0.25) is 0 Å². The summed E-state index contributed by atoms with van der Waals surface area (Å²) in [5, 5.41) is 0.591. The predicted octanol–water partition coefficient (Wildman–Crippen LogP) is 1.79. The Bertz CT molecular complexity index is 481. The summed E-state index contributed by atoms with van der Waals surface area (Å²) in [6.45, 7) is 1.85. The number of hydroxylamine groups is 2. The van der Waals surface area contributed by atoms with Gasteiger partial charge in [0.15, 0.2) is 0 Å². The van der Waals surface area contributed by atoms with Crippen molar-refractivity contribution >= 4 is 17.8 Å². The van der Waals surface area contributed by atoms with Gasteiger partial charge in [0.25, 0.3) is 11.8 Å². The molecule has 0 saturated carbocycles.